The molecule has 0 aliphatic heterocycles. The van der Waals surface area contributed by atoms with Gasteiger partial charge in [0.25, 0.3) is 0 Å². The van der Waals surface area contributed by atoms with Crippen molar-refractivity contribution < 1.29 is 14.3 Å². The lowest BCUT2D eigenvalue weighted by atomic mass is 10.1. The van der Waals surface area contributed by atoms with Crippen LogP contribution < -0.4 is 5.32 Å². The minimum atomic E-state index is -0.889. The fourth-order valence-electron chi connectivity index (χ4n) is 1.53. The molecule has 6 heteroatoms. The van der Waals surface area contributed by atoms with E-state index in [0.29, 0.717) is 5.69 Å². The number of nitrogens with one attached hydrogen (secondary N) is 2. The molecule has 1 heterocycles. The van der Waals surface area contributed by atoms with E-state index in [1.807, 2.05) is 12.1 Å². The average molecular weight is 259 g/mol. The van der Waals surface area contributed by atoms with Crippen molar-refractivity contribution in [1.82, 2.24) is 9.97 Å². The number of hydrogen-bond acceptors (Lipinski definition) is 4. The summed E-state index contributed by atoms with van der Waals surface area (Å²) in [5, 5.41) is 2.46. The maximum atomic E-state index is 11.4. The van der Waals surface area contributed by atoms with Crippen LogP contribution in [0.3, 0.4) is 0 Å². The van der Waals surface area contributed by atoms with Crippen LogP contribution in [0.4, 0.5) is 5.69 Å². The first-order chi connectivity index (χ1) is 9.20. The Kier molecular flexibility index (Phi) is 3.92. The number of rotatable bonds is 3. The zero-order chi connectivity index (χ0) is 13.7. The molecule has 2 aromatic rings. The molecule has 0 bridgehead atoms. The summed E-state index contributed by atoms with van der Waals surface area (Å²) >= 11 is 0. The normalized spacial score (nSPS) is 9.95. The van der Waals surface area contributed by atoms with Gasteiger partial charge in [0, 0.05) is 5.69 Å². The highest BCUT2D eigenvalue weighted by Crippen LogP contribution is 2.18. The molecule has 0 aliphatic rings. The number of esters is 1. The van der Waals surface area contributed by atoms with E-state index in [0.717, 1.165) is 11.3 Å². The van der Waals surface area contributed by atoms with Crippen LogP contribution in [-0.2, 0) is 14.3 Å². The molecular formula is C13H13N3O3. The standard InChI is InChI=1S/C13H13N3O3/c1-2-19-13(18)12(17)16-10-5-3-9(4-6-10)11-7-14-8-15-11/h3-8H,2H2,1H3,(H,14,15)(H,16,17). The van der Waals surface area contributed by atoms with Crippen LogP contribution in [0.1, 0.15) is 6.92 Å². The van der Waals surface area contributed by atoms with Crippen LogP contribution >= 0.6 is 0 Å². The van der Waals surface area contributed by atoms with Crippen molar-refractivity contribution in [1.29, 1.82) is 0 Å². The molecule has 6 nitrogen and oxygen atoms in total. The predicted octanol–water partition coefficient (Wildman–Crippen LogP) is 1.58. The van der Waals surface area contributed by atoms with Crippen molar-refractivity contribution >= 4 is 17.6 Å². The molecule has 2 N–H and O–H groups in total. The van der Waals surface area contributed by atoms with Crippen LogP contribution in [0.25, 0.3) is 11.3 Å². The van der Waals surface area contributed by atoms with E-state index in [1.165, 1.54) is 0 Å². The highest BCUT2D eigenvalue weighted by Gasteiger charge is 2.14. The van der Waals surface area contributed by atoms with Crippen LogP contribution in [0.15, 0.2) is 36.8 Å². The van der Waals surface area contributed by atoms with Gasteiger partial charge in [-0.25, -0.2) is 9.78 Å². The molecule has 0 saturated heterocycles. The Hall–Kier alpha value is -2.63. The summed E-state index contributed by atoms with van der Waals surface area (Å²) in [4.78, 5) is 29.5. The summed E-state index contributed by atoms with van der Waals surface area (Å²) in [7, 11) is 0. The van der Waals surface area contributed by atoms with Crippen LogP contribution in [0, 0.1) is 0 Å². The highest BCUT2D eigenvalue weighted by atomic mass is 16.5. The summed E-state index contributed by atoms with van der Waals surface area (Å²) in [5.41, 5.74) is 2.34. The number of amides is 1. The fraction of sp³-hybridized carbons (Fsp3) is 0.154. The minimum Gasteiger partial charge on any atom is -0.459 e. The van der Waals surface area contributed by atoms with Crippen LogP contribution in [0.2, 0.25) is 0 Å². The topological polar surface area (TPSA) is 84.1 Å². The second-order valence-corrected chi connectivity index (χ2v) is 3.72. The molecule has 2 rings (SSSR count). The first kappa shape index (κ1) is 12.8. The van der Waals surface area contributed by atoms with Crippen LogP contribution in [-0.4, -0.2) is 28.5 Å². The lowest BCUT2D eigenvalue weighted by molar-refractivity contribution is -0.152. The average Bonchev–Trinajstić information content (AvgIpc) is 2.94. The molecule has 0 aliphatic carbocycles. The van der Waals surface area contributed by atoms with E-state index >= 15 is 0 Å². The quantitative estimate of drug-likeness (QED) is 0.647. The van der Waals surface area contributed by atoms with E-state index in [1.54, 1.807) is 31.6 Å². The number of nitrogens with zero attached hydrogens (tertiary/aromatic N) is 1. The number of aromatic nitrogens is 2. The van der Waals surface area contributed by atoms with Gasteiger partial charge < -0.3 is 15.0 Å². The van der Waals surface area contributed by atoms with Gasteiger partial charge in [0.2, 0.25) is 0 Å². The van der Waals surface area contributed by atoms with E-state index < -0.39 is 11.9 Å². The molecular weight excluding hydrogens is 246 g/mol. The van der Waals surface area contributed by atoms with Gasteiger partial charge >= 0.3 is 11.9 Å². The number of imidazole rings is 1. The lowest BCUT2D eigenvalue weighted by Gasteiger charge is -2.05. The summed E-state index contributed by atoms with van der Waals surface area (Å²) < 4.78 is 4.59. The van der Waals surface area contributed by atoms with Crippen molar-refractivity contribution in [2.24, 2.45) is 0 Å². The Balaban J connectivity index is 2.03. The lowest BCUT2D eigenvalue weighted by Crippen LogP contribution is -2.24. The molecule has 98 valence electrons. The van der Waals surface area contributed by atoms with Gasteiger partial charge in [0.05, 0.1) is 24.8 Å². The highest BCUT2D eigenvalue weighted by molar-refractivity contribution is 6.37. The van der Waals surface area contributed by atoms with Gasteiger partial charge in [-0.3, -0.25) is 4.79 Å². The first-order valence-electron chi connectivity index (χ1n) is 5.77. The van der Waals surface area contributed by atoms with Crippen molar-refractivity contribution in [2.45, 2.75) is 6.92 Å². The Bertz CT molecular complexity index is 561. The SMILES string of the molecule is CCOC(=O)C(=O)Nc1ccc(-c2cnc[nH]2)cc1. The zero-order valence-corrected chi connectivity index (χ0v) is 10.3. The van der Waals surface area contributed by atoms with Gasteiger partial charge in [0.1, 0.15) is 0 Å². The van der Waals surface area contributed by atoms with Gasteiger partial charge in [-0.1, -0.05) is 12.1 Å². The van der Waals surface area contributed by atoms with E-state index in [2.05, 4.69) is 20.0 Å². The van der Waals surface area contributed by atoms with Crippen LogP contribution in [0.5, 0.6) is 0 Å². The molecule has 19 heavy (non-hydrogen) atoms. The third-order valence-corrected chi connectivity index (χ3v) is 2.41. The molecule has 1 amide bonds. The Morgan fingerprint density at radius 2 is 2.05 bits per heavy atom. The number of carbonyl (C=O) groups excluding carboxylic acids is 2. The zero-order valence-electron chi connectivity index (χ0n) is 10.3. The predicted molar refractivity (Wildman–Crippen MR) is 69.3 cm³/mol. The van der Waals surface area contributed by atoms with E-state index in [9.17, 15) is 9.59 Å². The smallest absolute Gasteiger partial charge is 0.397 e. The molecule has 0 unspecified atom stereocenters. The second-order valence-electron chi connectivity index (χ2n) is 3.72. The molecule has 0 spiro atoms. The molecule has 0 radical (unpaired) electrons. The molecule has 0 fully saturated rings. The molecule has 1 aromatic heterocycles. The number of anilines is 1. The fourth-order valence-corrected chi connectivity index (χ4v) is 1.53. The summed E-state index contributed by atoms with van der Waals surface area (Å²) in [5.74, 6) is -1.67. The molecule has 1 aromatic carbocycles. The largest absolute Gasteiger partial charge is 0.459 e. The first-order valence-corrected chi connectivity index (χ1v) is 5.77. The van der Waals surface area contributed by atoms with E-state index in [-0.39, 0.29) is 6.61 Å². The summed E-state index contributed by atoms with van der Waals surface area (Å²) in [6, 6.07) is 7.03. The maximum Gasteiger partial charge on any atom is 0.397 e. The number of H-pyrrole nitrogens is 1. The Morgan fingerprint density at radius 3 is 2.63 bits per heavy atom. The minimum absolute atomic E-state index is 0.172. The number of aromatic amines is 1. The molecule has 0 saturated carbocycles. The third kappa shape index (κ3) is 3.19. The van der Waals surface area contributed by atoms with Gasteiger partial charge in [-0.15, -0.1) is 0 Å². The van der Waals surface area contributed by atoms with E-state index in [4.69, 9.17) is 0 Å². The maximum absolute atomic E-state index is 11.4. The van der Waals surface area contributed by atoms with Gasteiger partial charge in [-0.05, 0) is 24.6 Å². The molecule has 0 atom stereocenters. The number of carbonyl (C=O) groups is 2. The monoisotopic (exact) mass is 259 g/mol. The Labute approximate surface area is 109 Å². The number of ether oxygens (including phenoxy) is 1. The number of benzene rings is 1. The third-order valence-electron chi connectivity index (χ3n) is 2.41. The van der Waals surface area contributed by atoms with Gasteiger partial charge in [-0.2, -0.15) is 0 Å². The van der Waals surface area contributed by atoms with Crippen molar-refractivity contribution in [2.75, 3.05) is 11.9 Å². The van der Waals surface area contributed by atoms with Crippen molar-refractivity contribution in [3.8, 4) is 11.3 Å². The number of hydrogen-bond donors (Lipinski definition) is 2. The second kappa shape index (κ2) is 5.81. The van der Waals surface area contributed by atoms with Crippen molar-refractivity contribution in [3.63, 3.8) is 0 Å². The van der Waals surface area contributed by atoms with Crippen molar-refractivity contribution in [3.05, 3.63) is 36.8 Å². The Morgan fingerprint density at radius 1 is 1.32 bits per heavy atom. The summed E-state index contributed by atoms with van der Waals surface area (Å²) in [6.45, 7) is 1.81. The van der Waals surface area contributed by atoms with Gasteiger partial charge in [0.15, 0.2) is 0 Å². The summed E-state index contributed by atoms with van der Waals surface area (Å²) in [6.07, 6.45) is 3.29.